The van der Waals surface area contributed by atoms with Gasteiger partial charge in [0.2, 0.25) is 5.95 Å². The van der Waals surface area contributed by atoms with Crippen LogP contribution in [-0.2, 0) is 17.8 Å². The minimum Gasteiger partial charge on any atom is -0.370 e. The number of halogens is 2. The van der Waals surface area contributed by atoms with Gasteiger partial charge in [0.15, 0.2) is 5.96 Å². The molecule has 0 radical (unpaired) electrons. The maximum absolute atomic E-state index is 14.1. The van der Waals surface area contributed by atoms with Crippen LogP contribution in [0.2, 0.25) is 0 Å². The second-order valence-corrected chi connectivity index (χ2v) is 7.28. The molecule has 1 saturated heterocycles. The third kappa shape index (κ3) is 4.04. The second-order valence-electron chi connectivity index (χ2n) is 7.28. The van der Waals surface area contributed by atoms with Crippen LogP contribution < -0.4 is 16.8 Å². The van der Waals surface area contributed by atoms with Crippen LogP contribution in [0.15, 0.2) is 29.4 Å². The Balaban J connectivity index is 1.42. The molecule has 29 heavy (non-hydrogen) atoms. The summed E-state index contributed by atoms with van der Waals surface area (Å²) in [6.07, 6.45) is 1.70. The van der Waals surface area contributed by atoms with Gasteiger partial charge in [-0.25, -0.2) is 18.7 Å². The van der Waals surface area contributed by atoms with Crippen molar-refractivity contribution in [1.29, 1.82) is 0 Å². The molecule has 2 aliphatic rings. The lowest BCUT2D eigenvalue weighted by Gasteiger charge is -2.38. The van der Waals surface area contributed by atoms with Gasteiger partial charge in [0, 0.05) is 49.5 Å². The van der Waals surface area contributed by atoms with Gasteiger partial charge in [-0.2, -0.15) is 0 Å². The molecule has 0 spiro atoms. The van der Waals surface area contributed by atoms with Gasteiger partial charge in [-0.1, -0.05) is 0 Å². The fraction of sp³-hybridized carbons (Fsp3) is 0.421. The van der Waals surface area contributed by atoms with Crippen molar-refractivity contribution >= 4 is 11.9 Å². The van der Waals surface area contributed by atoms with Crippen molar-refractivity contribution in [3.63, 3.8) is 0 Å². The van der Waals surface area contributed by atoms with Crippen LogP contribution in [0.4, 0.5) is 14.7 Å². The van der Waals surface area contributed by atoms with Gasteiger partial charge in [-0.3, -0.25) is 15.2 Å². The summed E-state index contributed by atoms with van der Waals surface area (Å²) < 4.78 is 33.5. The molecule has 3 atom stereocenters. The quantitative estimate of drug-likeness (QED) is 0.522. The summed E-state index contributed by atoms with van der Waals surface area (Å²) >= 11 is 0. The minimum atomic E-state index is -0.668. The minimum absolute atomic E-state index is 0.0470. The maximum Gasteiger partial charge on any atom is 0.229 e. The van der Waals surface area contributed by atoms with E-state index in [0.29, 0.717) is 32.1 Å². The van der Waals surface area contributed by atoms with Crippen molar-refractivity contribution in [2.45, 2.75) is 37.7 Å². The number of guanidine groups is 1. The monoisotopic (exact) mass is 403 g/mol. The summed E-state index contributed by atoms with van der Waals surface area (Å²) in [4.78, 5) is 14.8. The number of anilines is 1. The lowest BCUT2D eigenvalue weighted by molar-refractivity contribution is -0.0532. The number of ether oxygens (including phenoxy) is 1. The van der Waals surface area contributed by atoms with Gasteiger partial charge < -0.3 is 16.2 Å². The second kappa shape index (κ2) is 7.97. The largest absolute Gasteiger partial charge is 0.370 e. The zero-order chi connectivity index (χ0) is 20.5. The number of fused-ring (bicyclic) bond motifs is 1. The van der Waals surface area contributed by atoms with Crippen LogP contribution in [0.3, 0.4) is 0 Å². The molecule has 8 nitrogen and oxygen atoms in total. The zero-order valence-corrected chi connectivity index (χ0v) is 16.0. The van der Waals surface area contributed by atoms with E-state index in [9.17, 15) is 8.78 Å². The van der Waals surface area contributed by atoms with Gasteiger partial charge in [0.25, 0.3) is 0 Å². The molecule has 1 fully saturated rings. The first-order valence-electron chi connectivity index (χ1n) is 9.35. The molecule has 1 aromatic heterocycles. The van der Waals surface area contributed by atoms with Gasteiger partial charge in [0.1, 0.15) is 17.7 Å². The Morgan fingerprint density at radius 3 is 2.93 bits per heavy atom. The van der Waals surface area contributed by atoms with Gasteiger partial charge in [-0.05, 0) is 24.6 Å². The van der Waals surface area contributed by atoms with Crippen molar-refractivity contribution in [3.8, 4) is 0 Å². The summed E-state index contributed by atoms with van der Waals surface area (Å²) in [5.41, 5.74) is 14.0. The SMILES string of the molecule is CN=C(N)Nc1ncc2c(n1)CN([C@H]1CO[C@H](c3cc(F)ccc3F)[C@@H](N)C1)C2. The number of nitrogens with two attached hydrogens (primary N) is 2. The molecule has 4 rings (SSSR count). The number of hydrogen-bond donors (Lipinski definition) is 3. The molecule has 0 saturated carbocycles. The number of benzene rings is 1. The number of hydrogen-bond acceptors (Lipinski definition) is 6. The topological polar surface area (TPSA) is 115 Å². The van der Waals surface area contributed by atoms with Crippen LogP contribution in [0, 0.1) is 11.6 Å². The lowest BCUT2D eigenvalue weighted by Crippen LogP contribution is -2.47. The van der Waals surface area contributed by atoms with Crippen molar-refractivity contribution in [2.75, 3.05) is 19.0 Å². The highest BCUT2D eigenvalue weighted by atomic mass is 19.1. The maximum atomic E-state index is 14.1. The molecular weight excluding hydrogens is 380 g/mol. The molecule has 0 amide bonds. The average molecular weight is 403 g/mol. The van der Waals surface area contributed by atoms with Crippen molar-refractivity contribution < 1.29 is 13.5 Å². The summed E-state index contributed by atoms with van der Waals surface area (Å²) in [5.74, 6) is -0.385. The van der Waals surface area contributed by atoms with Crippen molar-refractivity contribution in [1.82, 2.24) is 14.9 Å². The molecule has 10 heteroatoms. The number of nitrogens with one attached hydrogen (secondary N) is 1. The molecule has 3 heterocycles. The third-order valence-electron chi connectivity index (χ3n) is 5.34. The Labute approximate surface area is 167 Å². The van der Waals surface area contributed by atoms with Gasteiger partial charge >= 0.3 is 0 Å². The average Bonchev–Trinajstić information content (AvgIpc) is 3.13. The summed E-state index contributed by atoms with van der Waals surface area (Å²) in [7, 11) is 1.58. The van der Waals surface area contributed by atoms with Crippen LogP contribution in [0.5, 0.6) is 0 Å². The van der Waals surface area contributed by atoms with E-state index in [1.165, 1.54) is 0 Å². The Bertz CT molecular complexity index is 939. The van der Waals surface area contributed by atoms with Gasteiger partial charge in [-0.15, -0.1) is 0 Å². The van der Waals surface area contributed by atoms with E-state index in [1.807, 2.05) is 0 Å². The molecule has 2 aromatic rings. The first-order valence-corrected chi connectivity index (χ1v) is 9.35. The smallest absolute Gasteiger partial charge is 0.229 e. The number of aromatic nitrogens is 2. The Morgan fingerprint density at radius 1 is 1.34 bits per heavy atom. The van der Waals surface area contributed by atoms with Crippen LogP contribution >= 0.6 is 0 Å². The summed E-state index contributed by atoms with van der Waals surface area (Å²) in [6, 6.07) is 2.94. The van der Waals surface area contributed by atoms with E-state index in [0.717, 1.165) is 29.5 Å². The molecule has 2 aliphatic heterocycles. The number of aliphatic imine (C=N–C) groups is 1. The van der Waals surface area contributed by atoms with Crippen LogP contribution in [0.1, 0.15) is 29.3 Å². The Hall–Kier alpha value is -2.69. The molecule has 0 bridgehead atoms. The molecule has 0 aliphatic carbocycles. The molecule has 154 valence electrons. The van der Waals surface area contributed by atoms with E-state index in [-0.39, 0.29) is 17.6 Å². The van der Waals surface area contributed by atoms with E-state index in [2.05, 4.69) is 25.2 Å². The predicted molar refractivity (Wildman–Crippen MR) is 104 cm³/mol. The first kappa shape index (κ1) is 19.6. The molecule has 0 unspecified atom stereocenters. The third-order valence-corrected chi connectivity index (χ3v) is 5.34. The summed E-state index contributed by atoms with van der Waals surface area (Å²) in [6.45, 7) is 1.67. The van der Waals surface area contributed by atoms with Crippen molar-refractivity contribution in [3.05, 3.63) is 52.9 Å². The van der Waals surface area contributed by atoms with E-state index in [4.69, 9.17) is 16.2 Å². The van der Waals surface area contributed by atoms with E-state index < -0.39 is 23.8 Å². The predicted octanol–water partition coefficient (Wildman–Crippen LogP) is 1.28. The first-order chi connectivity index (χ1) is 13.9. The normalized spacial score (nSPS) is 25.1. The molecule has 1 aromatic carbocycles. The highest BCUT2D eigenvalue weighted by Crippen LogP contribution is 2.33. The fourth-order valence-electron chi connectivity index (χ4n) is 3.82. The lowest BCUT2D eigenvalue weighted by atomic mass is 9.93. The highest BCUT2D eigenvalue weighted by Gasteiger charge is 2.36. The standard InChI is InChI=1S/C19H23F2N7O/c1-24-18(23)27-19-25-6-10-7-28(8-16(10)26-19)12-5-15(22)17(29-9-12)13-4-11(20)2-3-14(13)21/h2-4,6,12,15,17H,5,7-9,22H2,1H3,(H3,23,24,25,26,27)/t12-,15+,17-/m1/s1. The zero-order valence-electron chi connectivity index (χ0n) is 16.0. The van der Waals surface area contributed by atoms with Crippen LogP contribution in [0.25, 0.3) is 0 Å². The molecule has 5 N–H and O–H groups in total. The van der Waals surface area contributed by atoms with E-state index >= 15 is 0 Å². The van der Waals surface area contributed by atoms with Gasteiger partial charge in [0.05, 0.1) is 12.3 Å². The Kier molecular flexibility index (Phi) is 5.39. The van der Waals surface area contributed by atoms with Crippen molar-refractivity contribution in [2.24, 2.45) is 16.5 Å². The number of rotatable bonds is 3. The highest BCUT2D eigenvalue weighted by molar-refractivity contribution is 5.90. The van der Waals surface area contributed by atoms with E-state index in [1.54, 1.807) is 13.2 Å². The summed E-state index contributed by atoms with van der Waals surface area (Å²) in [5, 5.41) is 2.83. The number of nitrogens with zero attached hydrogens (tertiary/aromatic N) is 4. The fourth-order valence-corrected chi connectivity index (χ4v) is 3.82. The Morgan fingerprint density at radius 2 is 2.17 bits per heavy atom. The molecular formula is C19H23F2N7O. The van der Waals surface area contributed by atoms with Crippen LogP contribution in [-0.4, -0.2) is 46.6 Å².